The van der Waals surface area contributed by atoms with Crippen LogP contribution in [0.4, 0.5) is 5.69 Å². The summed E-state index contributed by atoms with van der Waals surface area (Å²) in [5.74, 6) is 0.0796. The molecule has 0 radical (unpaired) electrons. The van der Waals surface area contributed by atoms with E-state index in [4.69, 9.17) is 4.42 Å². The number of aryl methyl sites for hydroxylation is 1. The molecule has 0 bridgehead atoms. The fraction of sp³-hybridized carbons (Fsp3) is 0.273. The minimum absolute atomic E-state index is 0.0485. The Balaban J connectivity index is 1.53. The van der Waals surface area contributed by atoms with Crippen molar-refractivity contribution in [1.29, 1.82) is 0 Å². The van der Waals surface area contributed by atoms with Crippen LogP contribution in [0.15, 0.2) is 51.7 Å². The second-order valence-corrected chi connectivity index (χ2v) is 7.10. The number of hydrogen-bond acceptors (Lipinski definition) is 5. The van der Waals surface area contributed by atoms with Crippen molar-refractivity contribution < 1.29 is 14.3 Å². The molecule has 3 N–H and O–H groups in total. The van der Waals surface area contributed by atoms with E-state index in [-0.39, 0.29) is 11.7 Å². The van der Waals surface area contributed by atoms with Crippen molar-refractivity contribution >= 4 is 22.6 Å². The lowest BCUT2D eigenvalue weighted by Crippen LogP contribution is -2.25. The van der Waals surface area contributed by atoms with Gasteiger partial charge in [-0.2, -0.15) is 0 Å². The SMILES string of the molecule is CCc1cc2c(CNc3ccc(C(=O)NC4CC4)cc3)cc(=O)oc2cc1O. The smallest absolute Gasteiger partial charge is 0.336 e. The van der Waals surface area contributed by atoms with Crippen LogP contribution in [0.2, 0.25) is 0 Å². The molecule has 1 amide bonds. The van der Waals surface area contributed by atoms with E-state index in [9.17, 15) is 14.7 Å². The van der Waals surface area contributed by atoms with Crippen molar-refractivity contribution in [3.8, 4) is 5.75 Å². The second-order valence-electron chi connectivity index (χ2n) is 7.10. The molecular formula is C22H22N2O4. The van der Waals surface area contributed by atoms with E-state index in [1.807, 2.05) is 25.1 Å². The zero-order valence-electron chi connectivity index (χ0n) is 15.6. The summed E-state index contributed by atoms with van der Waals surface area (Å²) < 4.78 is 5.23. The molecule has 1 aliphatic carbocycles. The van der Waals surface area contributed by atoms with Crippen LogP contribution >= 0.6 is 0 Å². The summed E-state index contributed by atoms with van der Waals surface area (Å²) >= 11 is 0. The lowest BCUT2D eigenvalue weighted by atomic mass is 10.0. The van der Waals surface area contributed by atoms with E-state index in [0.29, 0.717) is 30.2 Å². The highest BCUT2D eigenvalue weighted by Gasteiger charge is 2.23. The number of benzene rings is 2. The molecular weight excluding hydrogens is 356 g/mol. The number of aromatic hydroxyl groups is 1. The Morgan fingerprint density at radius 2 is 1.89 bits per heavy atom. The first-order chi connectivity index (χ1) is 13.5. The molecule has 0 spiro atoms. The van der Waals surface area contributed by atoms with Crippen LogP contribution in [0.1, 0.15) is 41.3 Å². The van der Waals surface area contributed by atoms with Crippen molar-refractivity contribution in [2.45, 2.75) is 38.8 Å². The molecule has 1 aliphatic rings. The lowest BCUT2D eigenvalue weighted by molar-refractivity contribution is 0.0951. The maximum Gasteiger partial charge on any atom is 0.336 e. The number of rotatable bonds is 6. The first-order valence-corrected chi connectivity index (χ1v) is 9.47. The first-order valence-electron chi connectivity index (χ1n) is 9.47. The Morgan fingerprint density at radius 3 is 2.57 bits per heavy atom. The van der Waals surface area contributed by atoms with E-state index in [1.165, 1.54) is 12.1 Å². The van der Waals surface area contributed by atoms with E-state index in [2.05, 4.69) is 10.6 Å². The lowest BCUT2D eigenvalue weighted by Gasteiger charge is -2.11. The average molecular weight is 378 g/mol. The Hall–Kier alpha value is -3.28. The van der Waals surface area contributed by atoms with Gasteiger partial charge in [0.1, 0.15) is 11.3 Å². The normalized spacial score (nSPS) is 13.5. The van der Waals surface area contributed by atoms with E-state index < -0.39 is 5.63 Å². The summed E-state index contributed by atoms with van der Waals surface area (Å²) in [6, 6.07) is 12.4. The number of carbonyl (C=O) groups is 1. The summed E-state index contributed by atoms with van der Waals surface area (Å²) in [6.07, 6.45) is 2.79. The number of phenols is 1. The highest BCUT2D eigenvalue weighted by Crippen LogP contribution is 2.27. The third-order valence-electron chi connectivity index (χ3n) is 4.95. The average Bonchev–Trinajstić information content (AvgIpc) is 3.49. The number of hydrogen-bond donors (Lipinski definition) is 3. The molecule has 0 saturated heterocycles. The van der Waals surface area contributed by atoms with E-state index in [0.717, 1.165) is 35.0 Å². The number of amides is 1. The van der Waals surface area contributed by atoms with Gasteiger partial charge in [-0.05, 0) is 60.7 Å². The molecule has 3 aromatic rings. The van der Waals surface area contributed by atoms with Gasteiger partial charge in [-0.25, -0.2) is 4.79 Å². The first kappa shape index (κ1) is 18.1. The van der Waals surface area contributed by atoms with Gasteiger partial charge in [-0.15, -0.1) is 0 Å². The van der Waals surface area contributed by atoms with Crippen LogP contribution in [0.5, 0.6) is 5.75 Å². The molecule has 4 rings (SSSR count). The molecule has 6 heteroatoms. The minimum Gasteiger partial charge on any atom is -0.508 e. The van der Waals surface area contributed by atoms with E-state index in [1.54, 1.807) is 12.1 Å². The van der Waals surface area contributed by atoms with Gasteiger partial charge in [0.15, 0.2) is 0 Å². The maximum atomic E-state index is 12.1. The molecule has 144 valence electrons. The number of fused-ring (bicyclic) bond motifs is 1. The van der Waals surface area contributed by atoms with Crippen LogP contribution in [-0.2, 0) is 13.0 Å². The maximum absolute atomic E-state index is 12.1. The summed E-state index contributed by atoms with van der Waals surface area (Å²) in [5.41, 5.74) is 2.97. The molecule has 1 heterocycles. The van der Waals surface area contributed by atoms with Gasteiger partial charge in [0.05, 0.1) is 0 Å². The third-order valence-corrected chi connectivity index (χ3v) is 4.95. The quantitative estimate of drug-likeness (QED) is 0.571. The van der Waals surface area contributed by atoms with Gasteiger partial charge < -0.3 is 20.2 Å². The number of phenolic OH excluding ortho intramolecular Hbond substituents is 1. The van der Waals surface area contributed by atoms with Crippen LogP contribution in [0.25, 0.3) is 11.0 Å². The highest BCUT2D eigenvalue weighted by molar-refractivity contribution is 5.94. The molecule has 2 aromatic carbocycles. The second kappa shape index (κ2) is 7.38. The molecule has 1 aromatic heterocycles. The van der Waals surface area contributed by atoms with Crippen molar-refractivity contribution in [2.75, 3.05) is 5.32 Å². The Labute approximate surface area is 162 Å². The van der Waals surface area contributed by atoms with Crippen molar-refractivity contribution in [1.82, 2.24) is 5.32 Å². The molecule has 6 nitrogen and oxygen atoms in total. The van der Waals surface area contributed by atoms with Crippen molar-refractivity contribution in [3.05, 3.63) is 69.6 Å². The Kier molecular flexibility index (Phi) is 4.77. The van der Waals surface area contributed by atoms with Gasteiger partial charge in [0.25, 0.3) is 5.91 Å². The van der Waals surface area contributed by atoms with Gasteiger partial charge in [0, 0.05) is 41.4 Å². The monoisotopic (exact) mass is 378 g/mol. The molecule has 1 saturated carbocycles. The summed E-state index contributed by atoms with van der Waals surface area (Å²) in [7, 11) is 0. The fourth-order valence-electron chi connectivity index (χ4n) is 3.17. The summed E-state index contributed by atoms with van der Waals surface area (Å²) in [5, 5.41) is 17.1. The molecule has 28 heavy (non-hydrogen) atoms. The largest absolute Gasteiger partial charge is 0.508 e. The Bertz CT molecular complexity index is 1080. The zero-order chi connectivity index (χ0) is 19.7. The predicted octanol–water partition coefficient (Wildman–Crippen LogP) is 3.57. The summed E-state index contributed by atoms with van der Waals surface area (Å²) in [6.45, 7) is 2.38. The molecule has 0 unspecified atom stereocenters. The topological polar surface area (TPSA) is 91.6 Å². The van der Waals surface area contributed by atoms with Crippen LogP contribution in [-0.4, -0.2) is 17.1 Å². The van der Waals surface area contributed by atoms with Crippen LogP contribution in [0, 0.1) is 0 Å². The number of nitrogens with one attached hydrogen (secondary N) is 2. The fourth-order valence-corrected chi connectivity index (χ4v) is 3.17. The molecule has 0 aliphatic heterocycles. The minimum atomic E-state index is -0.458. The standard InChI is InChI=1S/C22H22N2O4/c1-2-13-9-18-15(10-21(26)28-20(18)11-19(13)25)12-23-16-5-3-14(4-6-16)22(27)24-17-7-8-17/h3-6,9-11,17,23,25H,2,7-8,12H2,1H3,(H,24,27). The van der Waals surface area contributed by atoms with Gasteiger partial charge in [0.2, 0.25) is 0 Å². The molecule has 1 fully saturated rings. The van der Waals surface area contributed by atoms with E-state index >= 15 is 0 Å². The van der Waals surface area contributed by atoms with Crippen LogP contribution in [0.3, 0.4) is 0 Å². The third kappa shape index (κ3) is 3.86. The van der Waals surface area contributed by atoms with Gasteiger partial charge in [-0.3, -0.25) is 4.79 Å². The van der Waals surface area contributed by atoms with Crippen molar-refractivity contribution in [2.24, 2.45) is 0 Å². The summed E-state index contributed by atoms with van der Waals surface area (Å²) in [4.78, 5) is 23.9. The van der Waals surface area contributed by atoms with Crippen molar-refractivity contribution in [3.63, 3.8) is 0 Å². The number of carbonyl (C=O) groups excluding carboxylic acids is 1. The number of anilines is 1. The Morgan fingerprint density at radius 1 is 1.14 bits per heavy atom. The highest BCUT2D eigenvalue weighted by atomic mass is 16.4. The van der Waals surface area contributed by atoms with Gasteiger partial charge >= 0.3 is 5.63 Å². The van der Waals surface area contributed by atoms with Crippen LogP contribution < -0.4 is 16.3 Å². The predicted molar refractivity (Wildman–Crippen MR) is 108 cm³/mol. The zero-order valence-corrected chi connectivity index (χ0v) is 15.6. The molecule has 0 atom stereocenters. The van der Waals surface area contributed by atoms with Gasteiger partial charge in [-0.1, -0.05) is 6.92 Å².